The summed E-state index contributed by atoms with van der Waals surface area (Å²) in [5, 5.41) is 14.5. The van der Waals surface area contributed by atoms with Crippen LogP contribution in [0.15, 0.2) is 28.8 Å². The van der Waals surface area contributed by atoms with Crippen LogP contribution in [0.5, 0.6) is 0 Å². The molecule has 1 aromatic carbocycles. The number of benzene rings is 1. The van der Waals surface area contributed by atoms with Crippen molar-refractivity contribution in [1.82, 2.24) is 25.7 Å². The maximum absolute atomic E-state index is 12.5. The lowest BCUT2D eigenvalue weighted by Gasteiger charge is -2.34. The first-order valence-corrected chi connectivity index (χ1v) is 7.94. The van der Waals surface area contributed by atoms with E-state index in [-0.39, 0.29) is 5.91 Å². The predicted molar refractivity (Wildman–Crippen MR) is 86.0 cm³/mol. The molecule has 2 aromatic heterocycles. The van der Waals surface area contributed by atoms with Crippen molar-refractivity contribution in [1.29, 1.82) is 0 Å². The van der Waals surface area contributed by atoms with E-state index in [0.717, 1.165) is 30.2 Å². The normalized spacial score (nSPS) is 17.4. The Morgan fingerprint density at radius 1 is 1.42 bits per heavy atom. The molecule has 124 valence electrons. The van der Waals surface area contributed by atoms with Crippen molar-refractivity contribution in [3.8, 4) is 0 Å². The van der Waals surface area contributed by atoms with Gasteiger partial charge in [0.2, 0.25) is 5.89 Å². The lowest BCUT2D eigenvalue weighted by Crippen LogP contribution is -2.44. The van der Waals surface area contributed by atoms with E-state index in [1.807, 2.05) is 24.3 Å². The molecular weight excluding hydrogens is 308 g/mol. The molecule has 1 saturated carbocycles. The summed E-state index contributed by atoms with van der Waals surface area (Å²) in [5.41, 5.74) is 6.86. The maximum Gasteiger partial charge on any atom is 0.273 e. The standard InChI is InChI=1S/C16H18N6O2/c1-9(14-19-15(22-24-14)16(17)7-4-8-16)18-13(23)12-10-5-2-3-6-11(10)20-21-12/h2-3,5-6,9H,4,7-8,17H2,1H3,(H,18,23)(H,20,21). The van der Waals surface area contributed by atoms with E-state index in [1.165, 1.54) is 0 Å². The number of nitrogens with one attached hydrogen (secondary N) is 2. The van der Waals surface area contributed by atoms with E-state index >= 15 is 0 Å². The average Bonchev–Trinajstić information content (AvgIpc) is 3.19. The summed E-state index contributed by atoms with van der Waals surface area (Å²) in [6.45, 7) is 1.79. The number of carbonyl (C=O) groups excluding carboxylic acids is 1. The highest BCUT2D eigenvalue weighted by atomic mass is 16.5. The number of amides is 1. The van der Waals surface area contributed by atoms with Gasteiger partial charge in [-0.25, -0.2) is 0 Å². The summed E-state index contributed by atoms with van der Waals surface area (Å²) < 4.78 is 5.27. The van der Waals surface area contributed by atoms with Crippen LogP contribution in [-0.4, -0.2) is 26.2 Å². The Bertz CT molecular complexity index is 895. The lowest BCUT2D eigenvalue weighted by atomic mass is 9.77. The van der Waals surface area contributed by atoms with Crippen LogP contribution < -0.4 is 11.1 Å². The minimum atomic E-state index is -0.482. The van der Waals surface area contributed by atoms with Crippen LogP contribution in [0.1, 0.15) is 54.4 Å². The molecule has 3 aromatic rings. The number of para-hydroxylation sites is 1. The van der Waals surface area contributed by atoms with Gasteiger partial charge in [0.1, 0.15) is 6.04 Å². The van der Waals surface area contributed by atoms with Gasteiger partial charge in [-0.1, -0.05) is 23.4 Å². The van der Waals surface area contributed by atoms with Gasteiger partial charge in [-0.05, 0) is 32.3 Å². The quantitative estimate of drug-likeness (QED) is 0.671. The van der Waals surface area contributed by atoms with Crippen LogP contribution in [0, 0.1) is 0 Å². The molecule has 24 heavy (non-hydrogen) atoms. The summed E-state index contributed by atoms with van der Waals surface area (Å²) in [6.07, 6.45) is 2.77. The third-order valence-electron chi connectivity index (χ3n) is 4.54. The maximum atomic E-state index is 12.5. The largest absolute Gasteiger partial charge is 0.339 e. The number of hydrogen-bond donors (Lipinski definition) is 3. The van der Waals surface area contributed by atoms with E-state index in [9.17, 15) is 4.79 Å². The second-order valence-corrected chi connectivity index (χ2v) is 6.28. The Balaban J connectivity index is 1.51. The van der Waals surface area contributed by atoms with Crippen LogP contribution >= 0.6 is 0 Å². The van der Waals surface area contributed by atoms with Crippen LogP contribution in [0.4, 0.5) is 0 Å². The smallest absolute Gasteiger partial charge is 0.273 e. The number of aromatic nitrogens is 4. The van der Waals surface area contributed by atoms with E-state index in [0.29, 0.717) is 17.4 Å². The molecule has 4 N–H and O–H groups in total. The zero-order chi connectivity index (χ0) is 16.7. The predicted octanol–water partition coefficient (Wildman–Crippen LogP) is 1.77. The van der Waals surface area contributed by atoms with Gasteiger partial charge in [0.05, 0.1) is 11.1 Å². The highest BCUT2D eigenvalue weighted by Crippen LogP contribution is 2.37. The molecule has 4 rings (SSSR count). The fourth-order valence-corrected chi connectivity index (χ4v) is 2.86. The molecule has 1 aliphatic rings. The van der Waals surface area contributed by atoms with Crippen molar-refractivity contribution in [3.63, 3.8) is 0 Å². The fourth-order valence-electron chi connectivity index (χ4n) is 2.86. The first-order valence-electron chi connectivity index (χ1n) is 7.94. The van der Waals surface area contributed by atoms with Gasteiger partial charge in [-0.2, -0.15) is 10.1 Å². The number of fused-ring (bicyclic) bond motifs is 1. The van der Waals surface area contributed by atoms with Gasteiger partial charge in [-0.3, -0.25) is 9.89 Å². The van der Waals surface area contributed by atoms with Gasteiger partial charge >= 0.3 is 0 Å². The highest BCUT2D eigenvalue weighted by Gasteiger charge is 2.39. The molecule has 1 amide bonds. The van der Waals surface area contributed by atoms with Crippen molar-refractivity contribution in [2.75, 3.05) is 0 Å². The second kappa shape index (κ2) is 5.41. The van der Waals surface area contributed by atoms with Crippen molar-refractivity contribution in [3.05, 3.63) is 41.7 Å². The summed E-state index contributed by atoms with van der Waals surface area (Å²) in [6, 6.07) is 7.03. The summed E-state index contributed by atoms with van der Waals surface area (Å²) in [4.78, 5) is 16.8. The molecule has 2 heterocycles. The van der Waals surface area contributed by atoms with Crippen LogP contribution in [0.3, 0.4) is 0 Å². The Labute approximate surface area is 137 Å². The van der Waals surface area contributed by atoms with Crippen LogP contribution in [0.2, 0.25) is 0 Å². The molecule has 0 spiro atoms. The van der Waals surface area contributed by atoms with E-state index in [2.05, 4.69) is 25.7 Å². The average molecular weight is 326 g/mol. The number of carbonyl (C=O) groups is 1. The number of rotatable bonds is 4. The van der Waals surface area contributed by atoms with Gasteiger partial charge in [-0.15, -0.1) is 0 Å². The van der Waals surface area contributed by atoms with Crippen molar-refractivity contribution in [2.45, 2.75) is 37.8 Å². The third kappa shape index (κ3) is 2.35. The number of H-pyrrole nitrogens is 1. The molecule has 1 fully saturated rings. The van der Waals surface area contributed by atoms with Gasteiger partial charge in [0, 0.05) is 5.39 Å². The van der Waals surface area contributed by atoms with Crippen molar-refractivity contribution >= 4 is 16.8 Å². The monoisotopic (exact) mass is 326 g/mol. The van der Waals surface area contributed by atoms with Gasteiger partial charge < -0.3 is 15.6 Å². The summed E-state index contributed by atoms with van der Waals surface area (Å²) >= 11 is 0. The summed E-state index contributed by atoms with van der Waals surface area (Å²) in [5.74, 6) is 0.552. The van der Waals surface area contributed by atoms with E-state index in [1.54, 1.807) is 6.92 Å². The SMILES string of the molecule is CC(NC(=O)c1n[nH]c2ccccc12)c1nc(C2(N)CCC2)no1. The zero-order valence-electron chi connectivity index (χ0n) is 13.2. The first-order chi connectivity index (χ1) is 11.6. The minimum Gasteiger partial charge on any atom is -0.339 e. The molecule has 0 radical (unpaired) electrons. The molecule has 1 unspecified atom stereocenters. The first kappa shape index (κ1) is 14.8. The van der Waals surface area contributed by atoms with Crippen molar-refractivity contribution < 1.29 is 9.32 Å². The van der Waals surface area contributed by atoms with Crippen LogP contribution in [-0.2, 0) is 5.54 Å². The van der Waals surface area contributed by atoms with Crippen molar-refractivity contribution in [2.24, 2.45) is 5.73 Å². The zero-order valence-corrected chi connectivity index (χ0v) is 13.2. The van der Waals surface area contributed by atoms with E-state index < -0.39 is 11.6 Å². The molecule has 8 nitrogen and oxygen atoms in total. The number of nitrogens with zero attached hydrogens (tertiary/aromatic N) is 3. The Morgan fingerprint density at radius 2 is 2.21 bits per heavy atom. The van der Waals surface area contributed by atoms with Gasteiger partial charge in [0.25, 0.3) is 5.91 Å². The van der Waals surface area contributed by atoms with E-state index in [4.69, 9.17) is 10.3 Å². The second-order valence-electron chi connectivity index (χ2n) is 6.28. The topological polar surface area (TPSA) is 123 Å². The molecule has 1 atom stereocenters. The molecule has 1 aliphatic carbocycles. The number of hydrogen-bond acceptors (Lipinski definition) is 6. The summed E-state index contributed by atoms with van der Waals surface area (Å²) in [7, 11) is 0. The molecular formula is C16H18N6O2. The number of nitrogens with two attached hydrogens (primary N) is 1. The number of aromatic amines is 1. The highest BCUT2D eigenvalue weighted by molar-refractivity contribution is 6.04. The molecule has 0 bridgehead atoms. The Hall–Kier alpha value is -2.74. The van der Waals surface area contributed by atoms with Gasteiger partial charge in [0.15, 0.2) is 11.5 Å². The molecule has 0 saturated heterocycles. The van der Waals surface area contributed by atoms with Crippen LogP contribution in [0.25, 0.3) is 10.9 Å². The minimum absolute atomic E-state index is 0.300. The molecule has 8 heteroatoms. The fraction of sp³-hybridized carbons (Fsp3) is 0.375. The molecule has 0 aliphatic heterocycles. The Morgan fingerprint density at radius 3 is 2.96 bits per heavy atom. The Kier molecular flexibility index (Phi) is 3.34. The third-order valence-corrected chi connectivity index (χ3v) is 4.54. The lowest BCUT2D eigenvalue weighted by molar-refractivity contribution is 0.0929.